The monoisotopic (exact) mass is 526 g/mol. The van der Waals surface area contributed by atoms with E-state index in [2.05, 4.69) is 0 Å². The van der Waals surface area contributed by atoms with Crippen molar-refractivity contribution < 1.29 is 17.9 Å². The Morgan fingerprint density at radius 1 is 1.06 bits per heavy atom. The third kappa shape index (κ3) is 5.60. The number of ether oxygens (including phenoxy) is 1. The first-order valence-corrected chi connectivity index (χ1v) is 13.7. The smallest absolute Gasteiger partial charge is 0.253 e. The Hall–Kier alpha value is -1.64. The van der Waals surface area contributed by atoms with Gasteiger partial charge >= 0.3 is 0 Å². The van der Waals surface area contributed by atoms with Crippen LogP contribution in [0.2, 0.25) is 10.0 Å². The Morgan fingerprint density at radius 3 is 2.24 bits per heavy atom. The van der Waals surface area contributed by atoms with Gasteiger partial charge in [0.25, 0.3) is 5.91 Å². The van der Waals surface area contributed by atoms with Gasteiger partial charge in [-0.3, -0.25) is 4.79 Å². The molecule has 1 amide bonds. The number of rotatable bonds is 7. The predicted octanol–water partition coefficient (Wildman–Crippen LogP) is 4.95. The highest BCUT2D eigenvalue weighted by Crippen LogP contribution is 2.44. The molecule has 0 spiro atoms. The van der Waals surface area contributed by atoms with Gasteiger partial charge in [0.2, 0.25) is 0 Å². The summed E-state index contributed by atoms with van der Waals surface area (Å²) >= 11 is 12.4. The van der Waals surface area contributed by atoms with Crippen LogP contribution in [0.5, 0.6) is 0 Å². The van der Waals surface area contributed by atoms with Crippen molar-refractivity contribution in [3.8, 4) is 0 Å². The van der Waals surface area contributed by atoms with Crippen LogP contribution in [-0.4, -0.2) is 48.4 Å². The van der Waals surface area contributed by atoms with Crippen molar-refractivity contribution in [2.45, 2.75) is 63.2 Å². The van der Waals surface area contributed by atoms with Gasteiger partial charge in [-0.05, 0) is 62.6 Å². The molecule has 4 atom stereocenters. The van der Waals surface area contributed by atoms with E-state index in [9.17, 15) is 13.2 Å². The van der Waals surface area contributed by atoms with E-state index in [1.54, 1.807) is 49.9 Å². The average Bonchev–Trinajstić information content (AvgIpc) is 2.77. The largest absolute Gasteiger partial charge is 0.357 e. The topological polar surface area (TPSA) is 89.7 Å². The molecule has 1 fully saturated rings. The van der Waals surface area contributed by atoms with Gasteiger partial charge < -0.3 is 15.4 Å². The zero-order valence-electron chi connectivity index (χ0n) is 19.9. The lowest BCUT2D eigenvalue weighted by Crippen LogP contribution is -2.58. The van der Waals surface area contributed by atoms with Crippen LogP contribution in [0.1, 0.15) is 57.4 Å². The zero-order valence-corrected chi connectivity index (χ0v) is 22.2. The molecule has 0 aromatic heterocycles. The van der Waals surface area contributed by atoms with Gasteiger partial charge in [-0.2, -0.15) is 0 Å². The van der Waals surface area contributed by atoms with Crippen molar-refractivity contribution in [1.29, 1.82) is 0 Å². The molecule has 9 heteroatoms. The molecular formula is C25H32Cl2N2O4S. The van der Waals surface area contributed by atoms with E-state index >= 15 is 0 Å². The molecule has 3 rings (SSSR count). The van der Waals surface area contributed by atoms with Crippen LogP contribution in [-0.2, 0) is 19.4 Å². The lowest BCUT2D eigenvalue weighted by Gasteiger charge is -2.48. The molecule has 0 bridgehead atoms. The van der Waals surface area contributed by atoms with Crippen molar-refractivity contribution in [1.82, 2.24) is 4.90 Å². The van der Waals surface area contributed by atoms with Gasteiger partial charge in [0.1, 0.15) is 12.2 Å². The lowest BCUT2D eigenvalue weighted by molar-refractivity contribution is -0.177. The van der Waals surface area contributed by atoms with Crippen LogP contribution in [0.4, 0.5) is 0 Å². The summed E-state index contributed by atoms with van der Waals surface area (Å²) in [5, 5.41) is 1.09. The summed E-state index contributed by atoms with van der Waals surface area (Å²) < 4.78 is 31.7. The summed E-state index contributed by atoms with van der Waals surface area (Å²) in [7, 11) is -3.52. The summed E-state index contributed by atoms with van der Waals surface area (Å²) in [4.78, 5) is 15.3. The fourth-order valence-corrected chi connectivity index (χ4v) is 5.89. The highest BCUT2D eigenvalue weighted by atomic mass is 35.5. The second kappa shape index (κ2) is 10.5. The van der Waals surface area contributed by atoms with Gasteiger partial charge in [0, 0.05) is 22.6 Å². The third-order valence-corrected chi connectivity index (χ3v) is 9.42. The van der Waals surface area contributed by atoms with Crippen LogP contribution in [0.3, 0.4) is 0 Å². The quantitative estimate of drug-likeness (QED) is 0.550. The maximum absolute atomic E-state index is 13.7. The van der Waals surface area contributed by atoms with Crippen molar-refractivity contribution in [3.63, 3.8) is 0 Å². The Morgan fingerprint density at radius 2 is 1.71 bits per heavy atom. The first-order valence-electron chi connectivity index (χ1n) is 11.3. The highest BCUT2D eigenvalue weighted by molar-refractivity contribution is 7.92. The fraction of sp³-hybridized carbons (Fsp3) is 0.480. The number of carbonyl (C=O) groups excluding carboxylic acids is 1. The van der Waals surface area contributed by atoms with Gasteiger partial charge in [0.15, 0.2) is 9.84 Å². The Labute approximate surface area is 212 Å². The number of hydrogen-bond acceptors (Lipinski definition) is 5. The number of hydrogen-bond donors (Lipinski definition) is 1. The molecule has 2 N–H and O–H groups in total. The molecule has 0 aliphatic carbocycles. The van der Waals surface area contributed by atoms with E-state index < -0.39 is 38.9 Å². The first-order chi connectivity index (χ1) is 15.9. The minimum atomic E-state index is -3.52. The molecule has 6 nitrogen and oxygen atoms in total. The van der Waals surface area contributed by atoms with Crippen molar-refractivity contribution >= 4 is 38.9 Å². The second-order valence-electron chi connectivity index (χ2n) is 9.53. The maximum Gasteiger partial charge on any atom is 0.253 e. The molecule has 186 valence electrons. The minimum absolute atomic E-state index is 0.0256. The molecule has 2 aromatic carbocycles. The summed E-state index contributed by atoms with van der Waals surface area (Å²) in [5.41, 5.74) is 7.49. The standard InChI is InChI=1S/C25H32Cl2N2O4S/c1-5-20(15-34(31,32)25(2,3)4)29-22(16-9-11-18(26)12-10-16)23(33-21(14-28)24(29)30)17-7-6-8-19(27)13-17/h6-13,20-23H,5,14-15,28H2,1-4H3. The summed E-state index contributed by atoms with van der Waals surface area (Å²) in [6, 6.07) is 13.3. The molecular weight excluding hydrogens is 495 g/mol. The number of sulfone groups is 1. The number of nitrogens with two attached hydrogens (primary N) is 1. The maximum atomic E-state index is 13.7. The second-order valence-corrected chi connectivity index (χ2v) is 13.2. The summed E-state index contributed by atoms with van der Waals surface area (Å²) in [5.74, 6) is -0.487. The summed E-state index contributed by atoms with van der Waals surface area (Å²) in [6.07, 6.45) is -1.05. The molecule has 1 saturated heterocycles. The van der Waals surface area contributed by atoms with Crippen LogP contribution in [0, 0.1) is 0 Å². The normalized spacial score (nSPS) is 22.6. The van der Waals surface area contributed by atoms with Gasteiger partial charge in [-0.15, -0.1) is 0 Å². The van der Waals surface area contributed by atoms with E-state index in [0.717, 1.165) is 11.1 Å². The van der Waals surface area contributed by atoms with Crippen LogP contribution in [0.15, 0.2) is 48.5 Å². The Balaban J connectivity index is 2.18. The number of nitrogens with zero attached hydrogens (tertiary/aromatic N) is 1. The van der Waals surface area contributed by atoms with Crippen molar-refractivity contribution in [2.24, 2.45) is 5.73 Å². The van der Waals surface area contributed by atoms with Crippen LogP contribution < -0.4 is 5.73 Å². The lowest BCUT2D eigenvalue weighted by atomic mass is 9.90. The fourth-order valence-electron chi connectivity index (χ4n) is 4.16. The van der Waals surface area contributed by atoms with Crippen molar-refractivity contribution in [2.75, 3.05) is 12.3 Å². The predicted molar refractivity (Wildman–Crippen MR) is 137 cm³/mol. The van der Waals surface area contributed by atoms with E-state index in [-0.39, 0.29) is 18.2 Å². The van der Waals surface area contributed by atoms with Gasteiger partial charge in [-0.25, -0.2) is 8.42 Å². The average molecular weight is 528 g/mol. The molecule has 2 aromatic rings. The first kappa shape index (κ1) is 27.0. The molecule has 1 aliphatic rings. The molecule has 1 heterocycles. The zero-order chi connectivity index (χ0) is 25.3. The van der Waals surface area contributed by atoms with E-state index in [1.807, 2.05) is 31.2 Å². The van der Waals surface area contributed by atoms with Gasteiger partial charge in [0.05, 0.1) is 16.5 Å². The SMILES string of the molecule is CCC(CS(=O)(=O)C(C)(C)C)N1C(=O)C(CN)OC(c2cccc(Cl)c2)C1c1ccc(Cl)cc1. The van der Waals surface area contributed by atoms with E-state index in [0.29, 0.717) is 16.5 Å². The molecule has 1 aliphatic heterocycles. The molecule has 0 radical (unpaired) electrons. The number of morpholine rings is 1. The molecule has 4 unspecified atom stereocenters. The third-order valence-electron chi connectivity index (χ3n) is 6.24. The molecule has 0 saturated carbocycles. The Bertz CT molecular complexity index is 1120. The number of halogens is 2. The Kier molecular flexibility index (Phi) is 8.36. The number of benzene rings is 2. The number of amides is 1. The summed E-state index contributed by atoms with van der Waals surface area (Å²) in [6.45, 7) is 6.87. The van der Waals surface area contributed by atoms with E-state index in [4.69, 9.17) is 33.7 Å². The van der Waals surface area contributed by atoms with Crippen molar-refractivity contribution in [3.05, 3.63) is 69.7 Å². The van der Waals surface area contributed by atoms with Crippen LogP contribution in [0.25, 0.3) is 0 Å². The molecule has 34 heavy (non-hydrogen) atoms. The van der Waals surface area contributed by atoms with Gasteiger partial charge in [-0.1, -0.05) is 54.4 Å². The van der Waals surface area contributed by atoms with E-state index in [1.165, 1.54) is 0 Å². The number of carbonyl (C=O) groups is 1. The minimum Gasteiger partial charge on any atom is -0.357 e. The highest BCUT2D eigenvalue weighted by Gasteiger charge is 2.47. The van der Waals surface area contributed by atoms with Crippen LogP contribution >= 0.6 is 23.2 Å².